The van der Waals surface area contributed by atoms with Crippen molar-refractivity contribution in [3.8, 4) is 5.75 Å². The van der Waals surface area contributed by atoms with Crippen molar-refractivity contribution in [3.63, 3.8) is 0 Å². The smallest absolute Gasteiger partial charge is 0.280 e. The molecule has 1 heterocycles. The van der Waals surface area contributed by atoms with Crippen LogP contribution in [0.3, 0.4) is 0 Å². The zero-order valence-corrected chi connectivity index (χ0v) is 18.4. The van der Waals surface area contributed by atoms with Crippen LogP contribution in [0, 0.1) is 5.82 Å². The van der Waals surface area contributed by atoms with Gasteiger partial charge in [-0.1, -0.05) is 22.7 Å². The maximum Gasteiger partial charge on any atom is 0.280 e. The summed E-state index contributed by atoms with van der Waals surface area (Å²) in [6.45, 7) is 5.54. The summed E-state index contributed by atoms with van der Waals surface area (Å²) in [5, 5.41) is 8.31. The molecule has 0 aliphatic heterocycles. The third kappa shape index (κ3) is 5.24. The van der Waals surface area contributed by atoms with Crippen molar-refractivity contribution < 1.29 is 18.7 Å². The van der Waals surface area contributed by atoms with Gasteiger partial charge in [-0.05, 0) is 62.6 Å². The highest BCUT2D eigenvalue weighted by Crippen LogP contribution is 2.34. The number of halogens is 1. The Morgan fingerprint density at radius 3 is 2.39 bits per heavy atom. The van der Waals surface area contributed by atoms with Crippen LogP contribution in [0.25, 0.3) is 0 Å². The quantitative estimate of drug-likeness (QED) is 0.624. The van der Waals surface area contributed by atoms with E-state index in [2.05, 4.69) is 14.9 Å². The van der Waals surface area contributed by atoms with Crippen molar-refractivity contribution in [2.75, 3.05) is 12.0 Å². The van der Waals surface area contributed by atoms with Crippen molar-refractivity contribution in [1.82, 2.24) is 14.9 Å². The molecule has 1 N–H and O–H groups in total. The van der Waals surface area contributed by atoms with E-state index in [1.807, 2.05) is 20.8 Å². The first kappa shape index (κ1) is 22.4. The van der Waals surface area contributed by atoms with Gasteiger partial charge in [0.05, 0.1) is 7.11 Å². The predicted octanol–water partition coefficient (Wildman–Crippen LogP) is 3.99. The number of nitrogens with one attached hydrogen (secondary N) is 1. The molecule has 0 radical (unpaired) electrons. The summed E-state index contributed by atoms with van der Waals surface area (Å²) in [6, 6.07) is 11.2. The molecule has 2 amide bonds. The molecule has 0 spiro atoms. The van der Waals surface area contributed by atoms with Gasteiger partial charge < -0.3 is 10.1 Å². The molecule has 9 heteroatoms. The maximum atomic E-state index is 13.6. The molecule has 7 nitrogen and oxygen atoms in total. The lowest BCUT2D eigenvalue weighted by atomic mass is 9.99. The summed E-state index contributed by atoms with van der Waals surface area (Å²) >= 11 is 1.02. The first-order valence-corrected chi connectivity index (χ1v) is 10.4. The second-order valence-corrected chi connectivity index (χ2v) is 8.44. The molecular formula is C22H23FN4O3S. The monoisotopic (exact) mass is 442 g/mol. The lowest BCUT2D eigenvalue weighted by Crippen LogP contribution is -2.49. The van der Waals surface area contributed by atoms with E-state index in [1.165, 1.54) is 41.7 Å². The number of aromatic nitrogens is 2. The Balaban J connectivity index is 2.22. The third-order valence-electron chi connectivity index (χ3n) is 4.34. The van der Waals surface area contributed by atoms with Gasteiger partial charge in [-0.15, -0.1) is 5.10 Å². The Labute approximate surface area is 184 Å². The number of anilines is 1. The Morgan fingerprint density at radius 1 is 1.13 bits per heavy atom. The number of rotatable bonds is 6. The first-order valence-electron chi connectivity index (χ1n) is 9.52. The predicted molar refractivity (Wildman–Crippen MR) is 117 cm³/mol. The number of nitrogens with zero attached hydrogens (tertiary/aromatic N) is 3. The largest absolute Gasteiger partial charge is 0.496 e. The minimum absolute atomic E-state index is 0.0813. The van der Waals surface area contributed by atoms with Crippen LogP contribution in [0.15, 0.2) is 53.9 Å². The van der Waals surface area contributed by atoms with Crippen LogP contribution >= 0.6 is 11.5 Å². The van der Waals surface area contributed by atoms with Gasteiger partial charge >= 0.3 is 0 Å². The van der Waals surface area contributed by atoms with Gasteiger partial charge in [-0.3, -0.25) is 14.5 Å². The average Bonchev–Trinajstić information content (AvgIpc) is 3.26. The summed E-state index contributed by atoms with van der Waals surface area (Å²) in [7, 11) is 1.49. The minimum atomic E-state index is -1.10. The van der Waals surface area contributed by atoms with Crippen molar-refractivity contribution in [2.24, 2.45) is 0 Å². The van der Waals surface area contributed by atoms with E-state index in [4.69, 9.17) is 4.74 Å². The van der Waals surface area contributed by atoms with Crippen LogP contribution in [0.5, 0.6) is 5.75 Å². The average molecular weight is 443 g/mol. The second kappa shape index (κ2) is 9.22. The second-order valence-electron chi connectivity index (χ2n) is 7.83. The summed E-state index contributed by atoms with van der Waals surface area (Å²) < 4.78 is 22.9. The molecule has 1 unspecified atom stereocenters. The fraction of sp³-hybridized carbons (Fsp3) is 0.273. The highest BCUT2D eigenvalue weighted by atomic mass is 32.1. The summed E-state index contributed by atoms with van der Waals surface area (Å²) in [6.07, 6.45) is 0. The Morgan fingerprint density at radius 2 is 1.81 bits per heavy atom. The molecule has 0 saturated carbocycles. The van der Waals surface area contributed by atoms with E-state index >= 15 is 0 Å². The van der Waals surface area contributed by atoms with E-state index < -0.39 is 29.2 Å². The molecule has 0 fully saturated rings. The normalized spacial score (nSPS) is 12.2. The molecule has 0 bridgehead atoms. The number of hydrogen-bond donors (Lipinski definition) is 1. The molecule has 0 aliphatic carbocycles. The number of amides is 2. The number of benzene rings is 2. The van der Waals surface area contributed by atoms with Crippen LogP contribution in [-0.4, -0.2) is 34.1 Å². The van der Waals surface area contributed by atoms with Gasteiger partial charge in [-0.2, -0.15) is 0 Å². The maximum absolute atomic E-state index is 13.6. The topological polar surface area (TPSA) is 84.4 Å². The number of ether oxygens (including phenoxy) is 1. The van der Waals surface area contributed by atoms with Crippen molar-refractivity contribution in [2.45, 2.75) is 32.4 Å². The molecule has 1 atom stereocenters. The Kier molecular flexibility index (Phi) is 6.65. The van der Waals surface area contributed by atoms with Crippen molar-refractivity contribution in [1.29, 1.82) is 0 Å². The van der Waals surface area contributed by atoms with E-state index in [0.29, 0.717) is 17.0 Å². The molecule has 162 valence electrons. The van der Waals surface area contributed by atoms with Crippen molar-refractivity contribution >= 4 is 29.0 Å². The Bertz CT molecular complexity index is 1050. The van der Waals surface area contributed by atoms with E-state index in [9.17, 15) is 14.0 Å². The van der Waals surface area contributed by atoms with Gasteiger partial charge in [0.25, 0.3) is 5.91 Å². The molecule has 3 rings (SSSR count). The minimum Gasteiger partial charge on any atom is -0.496 e. The molecule has 0 aliphatic rings. The van der Waals surface area contributed by atoms with Gasteiger partial charge in [0, 0.05) is 22.2 Å². The van der Waals surface area contributed by atoms with Gasteiger partial charge in [0.15, 0.2) is 5.69 Å². The fourth-order valence-corrected chi connectivity index (χ4v) is 3.52. The summed E-state index contributed by atoms with van der Waals surface area (Å²) in [5.74, 6) is -0.981. The first-order chi connectivity index (χ1) is 14.7. The molecule has 1 aromatic heterocycles. The zero-order chi connectivity index (χ0) is 22.6. The number of hydrogen-bond acceptors (Lipinski definition) is 6. The van der Waals surface area contributed by atoms with Crippen LogP contribution in [-0.2, 0) is 4.79 Å². The van der Waals surface area contributed by atoms with E-state index in [0.717, 1.165) is 11.5 Å². The fourth-order valence-electron chi connectivity index (χ4n) is 3.09. The number of carbonyl (C=O) groups excluding carboxylic acids is 2. The number of methoxy groups -OCH3 is 1. The van der Waals surface area contributed by atoms with E-state index in [-0.39, 0.29) is 5.69 Å². The van der Waals surface area contributed by atoms with Crippen LogP contribution in [0.1, 0.15) is 42.9 Å². The van der Waals surface area contributed by atoms with Gasteiger partial charge in [0.2, 0.25) is 5.91 Å². The van der Waals surface area contributed by atoms with Crippen LogP contribution in [0.4, 0.5) is 10.1 Å². The molecule has 3 aromatic rings. The molecule has 2 aromatic carbocycles. The molecular weight excluding hydrogens is 419 g/mol. The van der Waals surface area contributed by atoms with Gasteiger partial charge in [-0.25, -0.2) is 4.39 Å². The highest BCUT2D eigenvalue weighted by Gasteiger charge is 2.37. The summed E-state index contributed by atoms with van der Waals surface area (Å²) in [4.78, 5) is 28.3. The number of carbonyl (C=O) groups is 2. The SMILES string of the molecule is COc1ccccc1C(C(=O)NC(C)(C)C)N(C(=O)c1csnn1)c1ccc(F)cc1. The summed E-state index contributed by atoms with van der Waals surface area (Å²) in [5.41, 5.74) is 0.335. The van der Waals surface area contributed by atoms with E-state index in [1.54, 1.807) is 24.3 Å². The van der Waals surface area contributed by atoms with Crippen LogP contribution in [0.2, 0.25) is 0 Å². The lowest BCUT2D eigenvalue weighted by molar-refractivity contribution is -0.123. The Hall–Kier alpha value is -3.33. The zero-order valence-electron chi connectivity index (χ0n) is 17.6. The van der Waals surface area contributed by atoms with Crippen LogP contribution < -0.4 is 15.0 Å². The lowest BCUT2D eigenvalue weighted by Gasteiger charge is -2.34. The molecule has 0 saturated heterocycles. The molecule has 31 heavy (non-hydrogen) atoms. The highest BCUT2D eigenvalue weighted by molar-refractivity contribution is 7.03. The van der Waals surface area contributed by atoms with Crippen molar-refractivity contribution in [3.05, 3.63) is 71.0 Å². The van der Waals surface area contributed by atoms with Gasteiger partial charge in [0.1, 0.15) is 17.6 Å². The third-order valence-corrected chi connectivity index (χ3v) is 4.85. The standard InChI is InChI=1S/C22H23FN4O3S/c1-22(2,3)24-20(28)19(16-7-5-6-8-18(16)30-4)27(15-11-9-14(23)10-12-15)21(29)17-13-31-26-25-17/h5-13,19H,1-4H3,(H,24,28). The number of para-hydroxylation sites is 1.